The monoisotopic (exact) mass is 1110 g/mol. The molecule has 2 aromatic carbocycles. The first-order valence-corrected chi connectivity index (χ1v) is 26.7. The predicted molar refractivity (Wildman–Crippen MR) is 281 cm³/mol. The van der Waals surface area contributed by atoms with Gasteiger partial charge in [-0.1, -0.05) is 13.3 Å². The molecular formula is C53H79F4N7O14. The molecule has 3 heterocycles. The molecule has 1 amide bonds. The highest BCUT2D eigenvalue weighted by Gasteiger charge is 2.24. The van der Waals surface area contributed by atoms with Crippen molar-refractivity contribution in [2.45, 2.75) is 39.0 Å². The van der Waals surface area contributed by atoms with E-state index in [1.807, 2.05) is 6.07 Å². The van der Waals surface area contributed by atoms with Crippen molar-refractivity contribution in [2.24, 2.45) is 0 Å². The number of benzene rings is 2. The molecule has 1 aliphatic heterocycles. The summed E-state index contributed by atoms with van der Waals surface area (Å²) in [5, 5.41) is 1.00. The number of pyridine rings is 1. The summed E-state index contributed by atoms with van der Waals surface area (Å²) in [6.45, 7) is 14.6. The van der Waals surface area contributed by atoms with Gasteiger partial charge < -0.3 is 77.4 Å². The molecular weight excluding hydrogens is 1030 g/mol. The van der Waals surface area contributed by atoms with Crippen LogP contribution in [-0.4, -0.2) is 228 Å². The molecule has 2 aromatic heterocycles. The van der Waals surface area contributed by atoms with Crippen molar-refractivity contribution >= 4 is 45.3 Å². The number of aromatic nitrogens is 3. The highest BCUT2D eigenvalue weighted by Crippen LogP contribution is 2.31. The minimum atomic E-state index is -1.80. The zero-order valence-corrected chi connectivity index (χ0v) is 45.2. The number of nitrogens with zero attached hydrogens (tertiary/aromatic N) is 5. The number of halogens is 4. The lowest BCUT2D eigenvalue weighted by atomic mass is 10.1. The molecule has 0 bridgehead atoms. The number of rotatable bonds is 44. The number of imidazole rings is 1. The van der Waals surface area contributed by atoms with E-state index in [4.69, 9.17) is 62.8 Å². The number of unbranched alkanes of at least 4 members (excludes halogenated alkanes) is 1. The summed E-state index contributed by atoms with van der Waals surface area (Å²) in [5.74, 6) is -8.13. The molecule has 21 nitrogen and oxygen atoms in total. The van der Waals surface area contributed by atoms with E-state index in [-0.39, 0.29) is 44.8 Å². The van der Waals surface area contributed by atoms with Crippen LogP contribution in [0, 0.1) is 23.3 Å². The van der Waals surface area contributed by atoms with Gasteiger partial charge in [0.25, 0.3) is 0 Å². The number of amides is 1. The highest BCUT2D eigenvalue weighted by molar-refractivity contribution is 6.07. The third-order valence-electron chi connectivity index (χ3n) is 12.1. The number of carbonyl (C=O) groups is 2. The van der Waals surface area contributed by atoms with Gasteiger partial charge in [0.1, 0.15) is 22.7 Å². The molecule has 1 saturated heterocycles. The Bertz CT molecular complexity index is 2310. The molecule has 0 atom stereocenters. The summed E-state index contributed by atoms with van der Waals surface area (Å²) in [4.78, 5) is 44.4. The largest absolute Gasteiger partial charge is 0.420 e. The lowest BCUT2D eigenvalue weighted by Gasteiger charge is -2.36. The van der Waals surface area contributed by atoms with Crippen LogP contribution in [0.25, 0.3) is 21.9 Å². The van der Waals surface area contributed by atoms with Crippen LogP contribution in [0.4, 0.5) is 29.1 Å². The van der Waals surface area contributed by atoms with Gasteiger partial charge in [0.05, 0.1) is 157 Å². The third kappa shape index (κ3) is 23.4. The average Bonchev–Trinajstić information content (AvgIpc) is 3.92. The lowest BCUT2D eigenvalue weighted by Crippen LogP contribution is -2.47. The number of hydrogen-bond donors (Lipinski definition) is 2. The Hall–Kier alpha value is -4.90. The summed E-state index contributed by atoms with van der Waals surface area (Å²) >= 11 is 0. The van der Waals surface area contributed by atoms with Crippen LogP contribution in [0.1, 0.15) is 38.4 Å². The highest BCUT2D eigenvalue weighted by atomic mass is 19.2. The van der Waals surface area contributed by atoms with Gasteiger partial charge >= 0.3 is 5.97 Å². The minimum Gasteiger partial charge on any atom is -0.420 e. The molecule has 3 N–H and O–H groups in total. The van der Waals surface area contributed by atoms with Gasteiger partial charge in [-0.25, -0.2) is 18.7 Å². The van der Waals surface area contributed by atoms with E-state index in [1.54, 1.807) is 12.0 Å². The quantitative estimate of drug-likeness (QED) is 0.0201. The maximum absolute atomic E-state index is 13.6. The van der Waals surface area contributed by atoms with Crippen LogP contribution in [0.15, 0.2) is 24.3 Å². The van der Waals surface area contributed by atoms with E-state index in [0.717, 1.165) is 85.4 Å². The first kappa shape index (κ1) is 63.9. The zero-order chi connectivity index (χ0) is 55.6. The number of hydrogen-bond acceptors (Lipinski definition) is 19. The van der Waals surface area contributed by atoms with Crippen LogP contribution in [-0.2, 0) is 68.1 Å². The average molecular weight is 1110 g/mol. The van der Waals surface area contributed by atoms with Crippen LogP contribution < -0.4 is 15.4 Å². The Morgan fingerprint density at radius 2 is 1.13 bits per heavy atom. The lowest BCUT2D eigenvalue weighted by molar-refractivity contribution is -0.136. The summed E-state index contributed by atoms with van der Waals surface area (Å²) in [6, 6.07) is 6.35. The Labute approximate surface area is 453 Å². The molecule has 1 fully saturated rings. The fourth-order valence-corrected chi connectivity index (χ4v) is 7.86. The topological polar surface area (TPSA) is 222 Å². The number of ether oxygens (including phenoxy) is 12. The number of piperazine rings is 1. The van der Waals surface area contributed by atoms with Gasteiger partial charge in [-0.15, -0.1) is 0 Å². The minimum absolute atomic E-state index is 0.0172. The molecule has 0 spiro atoms. The number of anilines is 2. The molecule has 5 rings (SSSR count). The third-order valence-corrected chi connectivity index (χ3v) is 12.1. The summed E-state index contributed by atoms with van der Waals surface area (Å²) < 4.78 is 119. The van der Waals surface area contributed by atoms with Gasteiger partial charge in [0.15, 0.2) is 11.6 Å². The number of aryl methyl sites for hydroxylation is 1. The Morgan fingerprint density at radius 1 is 0.628 bits per heavy atom. The molecule has 25 heteroatoms. The second kappa shape index (κ2) is 37.9. The van der Waals surface area contributed by atoms with Crippen molar-refractivity contribution in [1.29, 1.82) is 0 Å². The van der Waals surface area contributed by atoms with E-state index in [0.29, 0.717) is 131 Å². The SMILES string of the molecule is CCCCc1nc2c([nH]1)c(N)nc1ccc(N3CCN(CCOCCN(CCOCCOCCOCCOCCOCCOCCOCCOCCC(=O)Oc4c(F)c(F)cc(F)c4F)C(=O)CCOCCOC)CC3)cc12. The summed E-state index contributed by atoms with van der Waals surface area (Å²) in [5.41, 5.74) is 9.97. The van der Waals surface area contributed by atoms with Crippen molar-refractivity contribution in [3.05, 3.63) is 53.4 Å². The van der Waals surface area contributed by atoms with E-state index in [2.05, 4.69) is 43.6 Å². The van der Waals surface area contributed by atoms with E-state index >= 15 is 0 Å². The Balaban J connectivity index is 0.805. The van der Waals surface area contributed by atoms with Gasteiger partial charge in [-0.05, 0) is 24.6 Å². The number of esters is 1. The van der Waals surface area contributed by atoms with Crippen molar-refractivity contribution in [3.63, 3.8) is 0 Å². The maximum Gasteiger partial charge on any atom is 0.313 e. The van der Waals surface area contributed by atoms with E-state index in [9.17, 15) is 27.2 Å². The van der Waals surface area contributed by atoms with Gasteiger partial charge in [-0.3, -0.25) is 14.5 Å². The first-order valence-electron chi connectivity index (χ1n) is 26.7. The number of nitrogen functional groups attached to an aromatic ring is 1. The number of methoxy groups -OCH3 is 1. The molecule has 78 heavy (non-hydrogen) atoms. The van der Waals surface area contributed by atoms with Crippen molar-refractivity contribution in [3.8, 4) is 5.75 Å². The van der Waals surface area contributed by atoms with Gasteiger partial charge in [0.2, 0.25) is 23.3 Å². The first-order chi connectivity index (χ1) is 38.1. The van der Waals surface area contributed by atoms with Crippen LogP contribution >= 0.6 is 0 Å². The Kier molecular flexibility index (Phi) is 31.0. The second-order valence-corrected chi connectivity index (χ2v) is 17.8. The molecule has 0 radical (unpaired) electrons. The fourth-order valence-electron chi connectivity index (χ4n) is 7.86. The molecule has 0 aliphatic carbocycles. The van der Waals surface area contributed by atoms with Crippen LogP contribution in [0.3, 0.4) is 0 Å². The van der Waals surface area contributed by atoms with Crippen LogP contribution in [0.5, 0.6) is 5.75 Å². The molecule has 438 valence electrons. The van der Waals surface area contributed by atoms with Gasteiger partial charge in [-0.2, -0.15) is 8.78 Å². The molecule has 0 saturated carbocycles. The molecule has 1 aliphatic rings. The number of nitrogens with two attached hydrogens (primary N) is 1. The number of H-pyrrole nitrogens is 1. The predicted octanol–water partition coefficient (Wildman–Crippen LogP) is 4.74. The molecule has 4 aromatic rings. The van der Waals surface area contributed by atoms with Crippen molar-refractivity contribution < 1.29 is 84.0 Å². The number of nitrogens with one attached hydrogen (secondary N) is 1. The van der Waals surface area contributed by atoms with Crippen molar-refractivity contribution in [1.82, 2.24) is 24.8 Å². The smallest absolute Gasteiger partial charge is 0.313 e. The summed E-state index contributed by atoms with van der Waals surface area (Å²) in [7, 11) is 1.61. The second-order valence-electron chi connectivity index (χ2n) is 17.8. The van der Waals surface area contributed by atoms with Crippen molar-refractivity contribution in [2.75, 3.05) is 202 Å². The summed E-state index contributed by atoms with van der Waals surface area (Å²) in [6.07, 6.45) is 2.88. The zero-order valence-electron chi connectivity index (χ0n) is 45.2. The number of aromatic amines is 1. The molecule has 0 unspecified atom stereocenters. The normalized spacial score (nSPS) is 13.1. The fraction of sp³-hybridized carbons (Fsp3) is 0.660. The van der Waals surface area contributed by atoms with Gasteiger partial charge in [0, 0.05) is 76.5 Å². The maximum atomic E-state index is 13.6. The van der Waals surface area contributed by atoms with E-state index in [1.165, 1.54) is 0 Å². The Morgan fingerprint density at radius 3 is 1.67 bits per heavy atom. The standard InChI is InChI=1S/C53H79F4N7O14/c1-3-4-5-45-60-50-41-38-40(6-7-44(41)59-53(58)51(50)61-45)63-12-10-62(11-13-63)14-19-70-20-15-64(46(65)8-17-68-23-22-67-2)16-21-71-25-27-73-29-31-75-33-35-77-37-36-76-34-32-74-30-28-72-26-24-69-18-9-47(66)78-52-48(56)42(54)39-43(55)49(52)57/h6-7,38-39H,3-5,8-37H2,1-2H3,(H2,58,59)(H,60,61). The van der Waals surface area contributed by atoms with E-state index < -0.39 is 41.4 Å². The van der Waals surface area contributed by atoms with Crippen LogP contribution in [0.2, 0.25) is 0 Å². The number of fused-ring (bicyclic) bond motifs is 3. The number of carbonyl (C=O) groups excluding carboxylic acids is 2.